The van der Waals surface area contributed by atoms with Gasteiger partial charge in [-0.2, -0.15) is 9.78 Å². The number of hydrogen-bond donors (Lipinski definition) is 1. The molecule has 0 unspecified atom stereocenters. The summed E-state index contributed by atoms with van der Waals surface area (Å²) in [5.41, 5.74) is 11.2. The first-order valence-corrected chi connectivity index (χ1v) is 12.8. The van der Waals surface area contributed by atoms with Crippen molar-refractivity contribution in [3.63, 3.8) is 0 Å². The molecule has 7 heteroatoms. The molecule has 0 fully saturated rings. The number of aromatic nitrogens is 3. The van der Waals surface area contributed by atoms with E-state index in [1.165, 1.54) is 16.9 Å². The van der Waals surface area contributed by atoms with E-state index < -0.39 is 5.63 Å². The van der Waals surface area contributed by atoms with Gasteiger partial charge in [0.05, 0.1) is 17.0 Å². The van der Waals surface area contributed by atoms with Crippen molar-refractivity contribution in [2.75, 3.05) is 5.73 Å². The summed E-state index contributed by atoms with van der Waals surface area (Å²) in [4.78, 5) is 17.9. The maximum Gasteiger partial charge on any atom is 0.345 e. The Hall–Kier alpha value is -3.71. The summed E-state index contributed by atoms with van der Waals surface area (Å²) in [5, 5.41) is 7.96. The van der Waals surface area contributed by atoms with Gasteiger partial charge in [-0.25, -0.2) is 9.78 Å². The number of thiazole rings is 1. The Kier molecular flexibility index (Phi) is 5.63. The van der Waals surface area contributed by atoms with Gasteiger partial charge in [-0.1, -0.05) is 77.9 Å². The van der Waals surface area contributed by atoms with Crippen LogP contribution in [0.15, 0.2) is 69.2 Å². The fourth-order valence-corrected chi connectivity index (χ4v) is 4.98. The number of benzene rings is 2. The minimum absolute atomic E-state index is 0.0492. The van der Waals surface area contributed by atoms with Crippen LogP contribution in [0.3, 0.4) is 0 Å². The van der Waals surface area contributed by atoms with Crippen LogP contribution in [-0.4, -0.2) is 14.8 Å². The van der Waals surface area contributed by atoms with E-state index in [9.17, 15) is 4.79 Å². The van der Waals surface area contributed by atoms with Crippen LogP contribution in [0.4, 0.5) is 5.82 Å². The van der Waals surface area contributed by atoms with Crippen molar-refractivity contribution in [3.8, 4) is 27.6 Å². The molecule has 0 bridgehead atoms. The van der Waals surface area contributed by atoms with E-state index in [0.29, 0.717) is 27.8 Å². The second-order valence-electron chi connectivity index (χ2n) is 11.1. The topological polar surface area (TPSA) is 86.9 Å². The van der Waals surface area contributed by atoms with Crippen LogP contribution in [0.25, 0.3) is 38.6 Å². The van der Waals surface area contributed by atoms with Gasteiger partial charge in [0.2, 0.25) is 5.13 Å². The first-order chi connectivity index (χ1) is 16.9. The Labute approximate surface area is 214 Å². The molecule has 0 saturated heterocycles. The second-order valence-corrected chi connectivity index (χ2v) is 12.0. The molecule has 0 aliphatic carbocycles. The Bertz CT molecular complexity index is 1630. The first-order valence-electron chi connectivity index (χ1n) is 11.9. The third-order valence-electron chi connectivity index (χ3n) is 6.26. The quantitative estimate of drug-likeness (QED) is 0.272. The molecule has 6 nitrogen and oxygen atoms in total. The van der Waals surface area contributed by atoms with Gasteiger partial charge in [0.1, 0.15) is 11.4 Å². The summed E-state index contributed by atoms with van der Waals surface area (Å²) >= 11 is 1.38. The van der Waals surface area contributed by atoms with E-state index in [1.54, 1.807) is 4.68 Å². The lowest BCUT2D eigenvalue weighted by Gasteiger charge is -2.26. The predicted molar refractivity (Wildman–Crippen MR) is 148 cm³/mol. The predicted octanol–water partition coefficient (Wildman–Crippen LogP) is 6.95. The van der Waals surface area contributed by atoms with Crippen molar-refractivity contribution in [2.45, 2.75) is 52.4 Å². The Morgan fingerprint density at radius 3 is 2.31 bits per heavy atom. The highest BCUT2D eigenvalue weighted by atomic mass is 32.1. The van der Waals surface area contributed by atoms with Crippen molar-refractivity contribution >= 4 is 28.1 Å². The fourth-order valence-electron chi connectivity index (χ4n) is 4.19. The lowest BCUT2D eigenvalue weighted by atomic mass is 9.79. The highest BCUT2D eigenvalue weighted by Gasteiger charge is 2.25. The second kappa shape index (κ2) is 8.45. The molecule has 0 aliphatic heterocycles. The summed E-state index contributed by atoms with van der Waals surface area (Å²) in [5.74, 6) is 0.477. The monoisotopic (exact) mass is 498 g/mol. The van der Waals surface area contributed by atoms with Crippen LogP contribution in [0.5, 0.6) is 0 Å². The van der Waals surface area contributed by atoms with Gasteiger partial charge >= 0.3 is 5.63 Å². The molecule has 3 heterocycles. The molecule has 5 rings (SSSR count). The van der Waals surface area contributed by atoms with E-state index in [1.807, 2.05) is 47.8 Å². The fraction of sp³-hybridized carbons (Fsp3) is 0.276. The third-order valence-corrected chi connectivity index (χ3v) is 7.08. The summed E-state index contributed by atoms with van der Waals surface area (Å²) in [6.45, 7) is 13.0. The van der Waals surface area contributed by atoms with Crippen molar-refractivity contribution < 1.29 is 4.42 Å². The zero-order chi connectivity index (χ0) is 25.8. The van der Waals surface area contributed by atoms with Crippen LogP contribution in [0.1, 0.15) is 52.7 Å². The van der Waals surface area contributed by atoms with Gasteiger partial charge < -0.3 is 10.2 Å². The molecule has 184 valence electrons. The molecule has 2 N–H and O–H groups in total. The minimum Gasteiger partial charge on any atom is -0.422 e. The molecule has 0 atom stereocenters. The number of nitrogens with two attached hydrogens (primary N) is 1. The van der Waals surface area contributed by atoms with Gasteiger partial charge in [0.25, 0.3) is 0 Å². The first kappa shape index (κ1) is 24.0. The largest absolute Gasteiger partial charge is 0.422 e. The van der Waals surface area contributed by atoms with Gasteiger partial charge in [-0.3, -0.25) is 0 Å². The lowest BCUT2D eigenvalue weighted by Crippen LogP contribution is -2.17. The molecule has 2 aromatic carbocycles. The van der Waals surface area contributed by atoms with E-state index in [0.717, 1.165) is 22.2 Å². The number of rotatable bonds is 3. The van der Waals surface area contributed by atoms with Crippen LogP contribution < -0.4 is 11.4 Å². The highest BCUT2D eigenvalue weighted by molar-refractivity contribution is 7.12. The van der Waals surface area contributed by atoms with Crippen LogP contribution >= 0.6 is 11.3 Å². The average Bonchev–Trinajstić information content (AvgIpc) is 3.44. The number of nitrogens with zero attached hydrogens (tertiary/aromatic N) is 3. The van der Waals surface area contributed by atoms with Gasteiger partial charge in [-0.15, -0.1) is 11.3 Å². The number of hydrogen-bond acceptors (Lipinski definition) is 6. The van der Waals surface area contributed by atoms with Crippen molar-refractivity contribution in [3.05, 3.63) is 81.5 Å². The number of fused-ring (bicyclic) bond motifs is 1. The SMILES string of the molecule is CC(C)(C)c1cc(C(C)(C)C)c2oc(=O)c(-c3csc(-n4nc(-c5ccccc5)cc4N)n3)cc2c1. The molecular weight excluding hydrogens is 468 g/mol. The molecule has 0 saturated carbocycles. The van der Waals surface area contributed by atoms with Crippen molar-refractivity contribution in [1.82, 2.24) is 14.8 Å². The Morgan fingerprint density at radius 1 is 0.917 bits per heavy atom. The molecular formula is C29H30N4O2S. The third kappa shape index (κ3) is 4.35. The molecule has 0 radical (unpaired) electrons. The van der Waals surface area contributed by atoms with Crippen LogP contribution in [-0.2, 0) is 10.8 Å². The minimum atomic E-state index is -0.410. The Morgan fingerprint density at radius 2 is 1.64 bits per heavy atom. The molecule has 5 aromatic rings. The molecule has 0 spiro atoms. The zero-order valence-electron chi connectivity index (χ0n) is 21.4. The highest BCUT2D eigenvalue weighted by Crippen LogP contribution is 2.36. The summed E-state index contributed by atoms with van der Waals surface area (Å²) in [6.07, 6.45) is 0. The normalized spacial score (nSPS) is 12.4. The van der Waals surface area contributed by atoms with E-state index in [4.69, 9.17) is 15.1 Å². The number of nitrogen functional groups attached to an aromatic ring is 1. The van der Waals surface area contributed by atoms with E-state index in [-0.39, 0.29) is 10.8 Å². The van der Waals surface area contributed by atoms with Crippen molar-refractivity contribution in [2.24, 2.45) is 0 Å². The molecule has 3 aromatic heterocycles. The average molecular weight is 499 g/mol. The van der Waals surface area contributed by atoms with Crippen molar-refractivity contribution in [1.29, 1.82) is 0 Å². The molecule has 0 aliphatic rings. The standard InChI is InChI=1S/C29H30N4O2S/c1-28(2,3)19-12-18-13-20(26(34)35-25(18)21(14-19)29(4,5)6)23-16-36-27(31-23)33-24(30)15-22(32-33)17-10-8-7-9-11-17/h7-16H,30H2,1-6H3. The van der Waals surface area contributed by atoms with Crippen LogP contribution in [0, 0.1) is 0 Å². The van der Waals surface area contributed by atoms with Gasteiger partial charge in [0, 0.05) is 28.0 Å². The van der Waals surface area contributed by atoms with Crippen LogP contribution in [0.2, 0.25) is 0 Å². The summed E-state index contributed by atoms with van der Waals surface area (Å²) < 4.78 is 7.54. The maximum atomic E-state index is 13.1. The molecule has 36 heavy (non-hydrogen) atoms. The summed E-state index contributed by atoms with van der Waals surface area (Å²) in [7, 11) is 0. The maximum absolute atomic E-state index is 13.1. The van der Waals surface area contributed by atoms with E-state index in [2.05, 4.69) is 58.8 Å². The van der Waals surface area contributed by atoms with Gasteiger partial charge in [-0.05, 0) is 28.5 Å². The zero-order valence-corrected chi connectivity index (χ0v) is 22.2. The smallest absolute Gasteiger partial charge is 0.345 e. The van der Waals surface area contributed by atoms with Gasteiger partial charge in [0.15, 0.2) is 0 Å². The summed E-state index contributed by atoms with van der Waals surface area (Å²) in [6, 6.07) is 17.8. The lowest BCUT2D eigenvalue weighted by molar-refractivity contribution is 0.526. The van der Waals surface area contributed by atoms with E-state index >= 15 is 0 Å². The molecule has 0 amide bonds. The Balaban J connectivity index is 1.61. The number of anilines is 1.